The summed E-state index contributed by atoms with van der Waals surface area (Å²) in [6.45, 7) is 9.09. The Morgan fingerprint density at radius 1 is 1.15 bits per heavy atom. The molecule has 0 unspecified atom stereocenters. The third-order valence-electron chi connectivity index (χ3n) is 4.53. The average Bonchev–Trinajstić information content (AvgIpc) is 2.65. The van der Waals surface area contributed by atoms with E-state index in [0.29, 0.717) is 25.6 Å². The van der Waals surface area contributed by atoms with Gasteiger partial charge in [-0.1, -0.05) is 6.07 Å². The molecule has 1 saturated heterocycles. The number of carbonyl (C=O) groups is 1. The Morgan fingerprint density at radius 3 is 2.62 bits per heavy atom. The Balaban J connectivity index is 1.64. The quantitative estimate of drug-likeness (QED) is 0.909. The van der Waals surface area contributed by atoms with E-state index in [2.05, 4.69) is 46.2 Å². The molecule has 7 nitrogen and oxygen atoms in total. The van der Waals surface area contributed by atoms with E-state index in [9.17, 15) is 4.79 Å². The first-order valence-corrected chi connectivity index (χ1v) is 8.91. The van der Waals surface area contributed by atoms with Gasteiger partial charge in [-0.3, -0.25) is 0 Å². The van der Waals surface area contributed by atoms with Crippen molar-refractivity contribution >= 4 is 23.5 Å². The highest BCUT2D eigenvalue weighted by Gasteiger charge is 2.22. The smallest absolute Gasteiger partial charge is 0.409 e. The highest BCUT2D eigenvalue weighted by molar-refractivity contribution is 5.68. The van der Waals surface area contributed by atoms with Gasteiger partial charge in [0.1, 0.15) is 5.82 Å². The van der Waals surface area contributed by atoms with E-state index >= 15 is 0 Å². The van der Waals surface area contributed by atoms with Crippen LogP contribution in [0, 0.1) is 13.8 Å². The van der Waals surface area contributed by atoms with Crippen LogP contribution in [0.1, 0.15) is 18.1 Å². The van der Waals surface area contributed by atoms with Crippen molar-refractivity contribution in [2.75, 3.05) is 43.0 Å². The molecule has 0 saturated carbocycles. The number of aromatic nitrogens is 2. The maximum atomic E-state index is 11.8. The number of nitrogens with one attached hydrogen (secondary N) is 1. The number of amides is 1. The molecule has 26 heavy (non-hydrogen) atoms. The number of hydrogen-bond acceptors (Lipinski definition) is 6. The van der Waals surface area contributed by atoms with Crippen molar-refractivity contribution in [3.63, 3.8) is 0 Å². The second-order valence-corrected chi connectivity index (χ2v) is 6.34. The fraction of sp³-hybridized carbons (Fsp3) is 0.421. The molecule has 0 atom stereocenters. The molecular formula is C19H25N5O2. The van der Waals surface area contributed by atoms with Crippen LogP contribution < -0.4 is 10.2 Å². The number of hydrogen-bond donors (Lipinski definition) is 1. The number of benzene rings is 1. The third-order valence-corrected chi connectivity index (χ3v) is 4.53. The van der Waals surface area contributed by atoms with E-state index in [1.807, 2.05) is 19.1 Å². The standard InChI is InChI=1S/C19H25N5O2/c1-4-26-19(25)24-11-9-23(10-12-24)17-7-8-20-18(22-17)21-16-6-5-14(2)15(3)13-16/h5-8,13H,4,9-12H2,1-3H3,(H,20,21,22). The summed E-state index contributed by atoms with van der Waals surface area (Å²) in [5.41, 5.74) is 3.45. The molecule has 138 valence electrons. The monoisotopic (exact) mass is 355 g/mol. The number of piperazine rings is 1. The van der Waals surface area contributed by atoms with Crippen LogP contribution in [0.3, 0.4) is 0 Å². The fourth-order valence-electron chi connectivity index (χ4n) is 2.87. The highest BCUT2D eigenvalue weighted by atomic mass is 16.6. The molecule has 1 aliphatic heterocycles. The van der Waals surface area contributed by atoms with Gasteiger partial charge in [0.15, 0.2) is 0 Å². The summed E-state index contributed by atoms with van der Waals surface area (Å²) in [6.07, 6.45) is 1.51. The molecular weight excluding hydrogens is 330 g/mol. The SMILES string of the molecule is CCOC(=O)N1CCN(c2ccnc(Nc3ccc(C)c(C)c3)n2)CC1. The zero-order valence-corrected chi connectivity index (χ0v) is 15.5. The number of carbonyl (C=O) groups excluding carboxylic acids is 1. The van der Waals surface area contributed by atoms with E-state index in [1.165, 1.54) is 11.1 Å². The second-order valence-electron chi connectivity index (χ2n) is 6.34. The van der Waals surface area contributed by atoms with Crippen molar-refractivity contribution in [2.24, 2.45) is 0 Å². The first-order chi connectivity index (χ1) is 12.6. The zero-order valence-electron chi connectivity index (χ0n) is 15.5. The summed E-state index contributed by atoms with van der Waals surface area (Å²) in [4.78, 5) is 24.6. The Labute approximate surface area is 154 Å². The van der Waals surface area contributed by atoms with Crippen molar-refractivity contribution in [1.82, 2.24) is 14.9 Å². The Morgan fingerprint density at radius 2 is 1.92 bits per heavy atom. The molecule has 0 bridgehead atoms. The molecule has 2 aromatic rings. The predicted molar refractivity (Wildman–Crippen MR) is 102 cm³/mol. The lowest BCUT2D eigenvalue weighted by Gasteiger charge is -2.34. The minimum atomic E-state index is -0.244. The zero-order chi connectivity index (χ0) is 18.5. The summed E-state index contributed by atoms with van der Waals surface area (Å²) >= 11 is 0. The molecule has 0 spiro atoms. The van der Waals surface area contributed by atoms with Gasteiger partial charge >= 0.3 is 6.09 Å². The Hall–Kier alpha value is -2.83. The molecule has 7 heteroatoms. The van der Waals surface area contributed by atoms with Crippen molar-refractivity contribution < 1.29 is 9.53 Å². The maximum absolute atomic E-state index is 11.8. The molecule has 0 radical (unpaired) electrons. The van der Waals surface area contributed by atoms with Gasteiger partial charge in [-0.15, -0.1) is 0 Å². The van der Waals surface area contributed by atoms with Crippen LogP contribution in [0.15, 0.2) is 30.5 Å². The van der Waals surface area contributed by atoms with Crippen molar-refractivity contribution in [3.05, 3.63) is 41.6 Å². The largest absolute Gasteiger partial charge is 0.450 e. The molecule has 1 fully saturated rings. The van der Waals surface area contributed by atoms with Gasteiger partial charge < -0.3 is 19.9 Å². The van der Waals surface area contributed by atoms with Gasteiger partial charge in [0.05, 0.1) is 6.61 Å². The van der Waals surface area contributed by atoms with Crippen LogP contribution in [0.2, 0.25) is 0 Å². The predicted octanol–water partition coefficient (Wildman–Crippen LogP) is 3.12. The normalized spacial score (nSPS) is 14.3. The van der Waals surface area contributed by atoms with Crippen LogP contribution in [-0.2, 0) is 4.74 Å². The van der Waals surface area contributed by atoms with Crippen molar-refractivity contribution in [1.29, 1.82) is 0 Å². The molecule has 1 amide bonds. The van der Waals surface area contributed by atoms with E-state index in [1.54, 1.807) is 11.1 Å². The lowest BCUT2D eigenvalue weighted by Crippen LogP contribution is -2.49. The van der Waals surface area contributed by atoms with E-state index in [0.717, 1.165) is 24.6 Å². The van der Waals surface area contributed by atoms with Crippen LogP contribution in [0.4, 0.5) is 22.2 Å². The number of nitrogens with zero attached hydrogens (tertiary/aromatic N) is 4. The first kappa shape index (κ1) is 18.0. The average molecular weight is 355 g/mol. The van der Waals surface area contributed by atoms with Gasteiger partial charge in [-0.25, -0.2) is 9.78 Å². The van der Waals surface area contributed by atoms with E-state index in [4.69, 9.17) is 4.74 Å². The summed E-state index contributed by atoms with van der Waals surface area (Å²) < 4.78 is 5.06. The third kappa shape index (κ3) is 4.22. The minimum Gasteiger partial charge on any atom is -0.450 e. The first-order valence-electron chi connectivity index (χ1n) is 8.91. The summed E-state index contributed by atoms with van der Waals surface area (Å²) in [6, 6.07) is 8.09. The number of aryl methyl sites for hydroxylation is 2. The summed E-state index contributed by atoms with van der Waals surface area (Å²) in [5, 5.41) is 3.26. The summed E-state index contributed by atoms with van der Waals surface area (Å²) in [7, 11) is 0. The number of anilines is 3. The Bertz CT molecular complexity index is 772. The van der Waals surface area contributed by atoms with Gasteiger partial charge in [0.25, 0.3) is 0 Å². The van der Waals surface area contributed by atoms with Gasteiger partial charge in [0.2, 0.25) is 5.95 Å². The second kappa shape index (κ2) is 8.03. The maximum Gasteiger partial charge on any atom is 0.409 e. The van der Waals surface area contributed by atoms with Gasteiger partial charge in [-0.05, 0) is 50.1 Å². The Kier molecular flexibility index (Phi) is 5.55. The van der Waals surface area contributed by atoms with Gasteiger partial charge in [-0.2, -0.15) is 4.98 Å². The van der Waals surface area contributed by atoms with Crippen LogP contribution in [-0.4, -0.2) is 53.7 Å². The lowest BCUT2D eigenvalue weighted by molar-refractivity contribution is 0.105. The number of ether oxygens (including phenoxy) is 1. The fourth-order valence-corrected chi connectivity index (χ4v) is 2.87. The minimum absolute atomic E-state index is 0.244. The molecule has 1 aromatic heterocycles. The number of rotatable bonds is 4. The summed E-state index contributed by atoms with van der Waals surface area (Å²) in [5.74, 6) is 1.42. The van der Waals surface area contributed by atoms with E-state index in [-0.39, 0.29) is 6.09 Å². The van der Waals surface area contributed by atoms with Crippen LogP contribution >= 0.6 is 0 Å². The molecule has 1 aliphatic rings. The van der Waals surface area contributed by atoms with Crippen molar-refractivity contribution in [2.45, 2.75) is 20.8 Å². The highest BCUT2D eigenvalue weighted by Crippen LogP contribution is 2.20. The molecule has 1 aromatic carbocycles. The van der Waals surface area contributed by atoms with Crippen LogP contribution in [0.25, 0.3) is 0 Å². The lowest BCUT2D eigenvalue weighted by atomic mass is 10.1. The topological polar surface area (TPSA) is 70.6 Å². The van der Waals surface area contributed by atoms with E-state index < -0.39 is 0 Å². The molecule has 2 heterocycles. The molecule has 3 rings (SSSR count). The van der Waals surface area contributed by atoms with Crippen molar-refractivity contribution in [3.8, 4) is 0 Å². The molecule has 1 N–H and O–H groups in total. The van der Waals surface area contributed by atoms with Gasteiger partial charge in [0, 0.05) is 38.1 Å². The van der Waals surface area contributed by atoms with Crippen LogP contribution in [0.5, 0.6) is 0 Å². The molecule has 0 aliphatic carbocycles.